The average Bonchev–Trinajstić information content (AvgIpc) is 2.62. The van der Waals surface area contributed by atoms with Crippen molar-refractivity contribution < 1.29 is 19.4 Å². The molecule has 0 bridgehead atoms. The summed E-state index contributed by atoms with van der Waals surface area (Å²) in [5, 5.41) is 9.27. The third-order valence-electron chi connectivity index (χ3n) is 3.44. The van der Waals surface area contributed by atoms with E-state index in [-0.39, 0.29) is 6.10 Å². The van der Waals surface area contributed by atoms with Gasteiger partial charge in [-0.15, -0.1) is 0 Å². The molecule has 1 aliphatic heterocycles. The van der Waals surface area contributed by atoms with Gasteiger partial charge in [0.1, 0.15) is 0 Å². The summed E-state index contributed by atoms with van der Waals surface area (Å²) in [5.41, 5.74) is 6.35. The fourth-order valence-electron chi connectivity index (χ4n) is 2.16. The summed E-state index contributed by atoms with van der Waals surface area (Å²) >= 11 is 0. The Labute approximate surface area is 112 Å². The van der Waals surface area contributed by atoms with Gasteiger partial charge in [0.05, 0.1) is 19.3 Å². The van der Waals surface area contributed by atoms with E-state index >= 15 is 0 Å². The molecule has 0 saturated carbocycles. The van der Waals surface area contributed by atoms with E-state index in [9.17, 15) is 9.90 Å². The largest absolute Gasteiger partial charge is 0.479 e. The van der Waals surface area contributed by atoms with Crippen molar-refractivity contribution in [2.24, 2.45) is 5.73 Å². The number of rotatable bonds is 3. The number of nitrogens with two attached hydrogens (primary N) is 1. The van der Waals surface area contributed by atoms with E-state index in [1.54, 1.807) is 6.92 Å². The second-order valence-corrected chi connectivity index (χ2v) is 4.89. The van der Waals surface area contributed by atoms with Crippen LogP contribution in [0.5, 0.6) is 0 Å². The van der Waals surface area contributed by atoms with Crippen LogP contribution in [0.3, 0.4) is 0 Å². The Kier molecular flexibility index (Phi) is 4.19. The van der Waals surface area contributed by atoms with Crippen LogP contribution in [0.4, 0.5) is 0 Å². The van der Waals surface area contributed by atoms with Crippen LogP contribution in [0.15, 0.2) is 24.3 Å². The number of ether oxygens (including phenoxy) is 2. The maximum Gasteiger partial charge on any atom is 0.335 e. The van der Waals surface area contributed by atoms with Crippen LogP contribution in [0.1, 0.15) is 30.6 Å². The number of hydrogen-bond donors (Lipinski definition) is 2. The summed E-state index contributed by atoms with van der Waals surface area (Å²) in [6.45, 7) is 2.76. The number of hydrogen-bond acceptors (Lipinski definition) is 4. The zero-order valence-electron chi connectivity index (χ0n) is 11.0. The molecule has 19 heavy (non-hydrogen) atoms. The van der Waals surface area contributed by atoms with Gasteiger partial charge in [-0.2, -0.15) is 0 Å². The molecular weight excluding hydrogens is 246 g/mol. The molecule has 1 aromatic rings. The van der Waals surface area contributed by atoms with Gasteiger partial charge in [-0.25, -0.2) is 4.79 Å². The Morgan fingerprint density at radius 3 is 2.68 bits per heavy atom. The minimum absolute atomic E-state index is 0.268. The summed E-state index contributed by atoms with van der Waals surface area (Å²) < 4.78 is 11.1. The normalized spacial score (nSPS) is 27.8. The first-order valence-electron chi connectivity index (χ1n) is 6.33. The van der Waals surface area contributed by atoms with Crippen molar-refractivity contribution >= 4 is 5.97 Å². The third kappa shape index (κ3) is 3.12. The summed E-state index contributed by atoms with van der Waals surface area (Å²) in [6.07, 6.45) is 0.0278. The van der Waals surface area contributed by atoms with Gasteiger partial charge in [-0.05, 0) is 18.1 Å². The molecule has 3 N–H and O–H groups in total. The number of benzene rings is 1. The minimum Gasteiger partial charge on any atom is -0.479 e. The van der Waals surface area contributed by atoms with Crippen LogP contribution < -0.4 is 5.73 Å². The smallest absolute Gasteiger partial charge is 0.335 e. The van der Waals surface area contributed by atoms with E-state index in [1.165, 1.54) is 0 Å². The molecule has 0 radical (unpaired) electrons. The quantitative estimate of drug-likeness (QED) is 0.864. The Hall–Kier alpha value is -1.43. The minimum atomic E-state index is -1.20. The van der Waals surface area contributed by atoms with Crippen molar-refractivity contribution in [1.29, 1.82) is 0 Å². The van der Waals surface area contributed by atoms with Crippen LogP contribution in [0, 0.1) is 0 Å². The Bertz CT molecular complexity index is 445. The number of carboxylic acid groups (broad SMARTS) is 1. The maximum atomic E-state index is 11.3. The van der Waals surface area contributed by atoms with E-state index in [1.807, 2.05) is 24.3 Å². The lowest BCUT2D eigenvalue weighted by atomic mass is 9.94. The van der Waals surface area contributed by atoms with Crippen molar-refractivity contribution in [3.05, 3.63) is 35.4 Å². The molecule has 1 aliphatic rings. The predicted octanol–water partition coefficient (Wildman–Crippen LogP) is 1.47. The molecule has 1 aromatic carbocycles. The lowest BCUT2D eigenvalue weighted by molar-refractivity contribution is -0.163. The lowest BCUT2D eigenvalue weighted by Crippen LogP contribution is -2.39. The van der Waals surface area contributed by atoms with Gasteiger partial charge in [0.15, 0.2) is 5.60 Å². The Morgan fingerprint density at radius 2 is 2.11 bits per heavy atom. The second kappa shape index (κ2) is 5.69. The van der Waals surface area contributed by atoms with E-state index in [0.29, 0.717) is 26.2 Å². The highest BCUT2D eigenvalue weighted by atomic mass is 16.6. The summed E-state index contributed by atoms with van der Waals surface area (Å²) in [5.74, 6) is -0.957. The molecule has 5 heteroatoms. The van der Waals surface area contributed by atoms with Gasteiger partial charge in [0, 0.05) is 13.0 Å². The van der Waals surface area contributed by atoms with E-state index in [2.05, 4.69) is 0 Å². The molecule has 2 atom stereocenters. The summed E-state index contributed by atoms with van der Waals surface area (Å²) in [7, 11) is 0. The first-order valence-corrected chi connectivity index (χ1v) is 6.33. The van der Waals surface area contributed by atoms with Crippen molar-refractivity contribution in [3.63, 3.8) is 0 Å². The zero-order chi connectivity index (χ0) is 13.9. The van der Waals surface area contributed by atoms with Crippen LogP contribution in [0.25, 0.3) is 0 Å². The summed E-state index contributed by atoms with van der Waals surface area (Å²) in [4.78, 5) is 11.3. The predicted molar refractivity (Wildman–Crippen MR) is 69.6 cm³/mol. The molecule has 1 saturated heterocycles. The van der Waals surface area contributed by atoms with Crippen LogP contribution in [0.2, 0.25) is 0 Å². The molecule has 0 aliphatic carbocycles. The van der Waals surface area contributed by atoms with E-state index in [0.717, 1.165) is 11.1 Å². The SMILES string of the molecule is CC1(C(=O)O)CC(c2ccc(CN)cc2)OCCO1. The highest BCUT2D eigenvalue weighted by Gasteiger charge is 2.39. The van der Waals surface area contributed by atoms with Crippen molar-refractivity contribution in [3.8, 4) is 0 Å². The van der Waals surface area contributed by atoms with Gasteiger partial charge in [0.25, 0.3) is 0 Å². The maximum absolute atomic E-state index is 11.3. The highest BCUT2D eigenvalue weighted by molar-refractivity contribution is 5.77. The topological polar surface area (TPSA) is 81.8 Å². The van der Waals surface area contributed by atoms with Crippen molar-refractivity contribution in [1.82, 2.24) is 0 Å². The van der Waals surface area contributed by atoms with E-state index in [4.69, 9.17) is 15.2 Å². The monoisotopic (exact) mass is 265 g/mol. The molecule has 0 spiro atoms. The molecule has 2 unspecified atom stereocenters. The average molecular weight is 265 g/mol. The first-order chi connectivity index (χ1) is 9.05. The first kappa shape index (κ1) is 14.0. The van der Waals surface area contributed by atoms with Gasteiger partial charge in [0.2, 0.25) is 0 Å². The molecular formula is C14H19NO4. The third-order valence-corrected chi connectivity index (χ3v) is 3.44. The fourth-order valence-corrected chi connectivity index (χ4v) is 2.16. The van der Waals surface area contributed by atoms with Crippen LogP contribution in [-0.2, 0) is 20.8 Å². The molecule has 104 valence electrons. The number of aliphatic carboxylic acids is 1. The molecule has 2 rings (SSSR count). The van der Waals surface area contributed by atoms with Crippen molar-refractivity contribution in [2.45, 2.75) is 31.6 Å². The Morgan fingerprint density at radius 1 is 1.42 bits per heavy atom. The number of carboxylic acids is 1. The fraction of sp³-hybridized carbons (Fsp3) is 0.500. The molecule has 5 nitrogen and oxygen atoms in total. The standard InChI is InChI=1S/C14H19NO4/c1-14(13(16)17)8-12(18-6-7-19-14)11-4-2-10(9-15)3-5-11/h2-5,12H,6-9,15H2,1H3,(H,16,17). The zero-order valence-corrected chi connectivity index (χ0v) is 11.0. The Balaban J connectivity index is 2.19. The summed E-state index contributed by atoms with van der Waals surface area (Å²) in [6, 6.07) is 7.73. The molecule has 1 fully saturated rings. The van der Waals surface area contributed by atoms with Crippen LogP contribution >= 0.6 is 0 Å². The molecule has 1 heterocycles. The highest BCUT2D eigenvalue weighted by Crippen LogP contribution is 2.32. The second-order valence-electron chi connectivity index (χ2n) is 4.89. The van der Waals surface area contributed by atoms with Crippen molar-refractivity contribution in [2.75, 3.05) is 13.2 Å². The lowest BCUT2D eigenvalue weighted by Gasteiger charge is -2.25. The van der Waals surface area contributed by atoms with Gasteiger partial charge in [-0.3, -0.25) is 0 Å². The molecule has 0 aromatic heterocycles. The number of carbonyl (C=O) groups is 1. The van der Waals surface area contributed by atoms with Crippen LogP contribution in [-0.4, -0.2) is 29.9 Å². The molecule has 0 amide bonds. The van der Waals surface area contributed by atoms with E-state index < -0.39 is 11.6 Å². The van der Waals surface area contributed by atoms with Gasteiger partial charge >= 0.3 is 5.97 Å². The van der Waals surface area contributed by atoms with Gasteiger partial charge in [-0.1, -0.05) is 24.3 Å². The van der Waals surface area contributed by atoms with Gasteiger partial charge < -0.3 is 20.3 Å².